The second kappa shape index (κ2) is 3.77. The highest BCUT2D eigenvalue weighted by molar-refractivity contribution is 5.41. The van der Waals surface area contributed by atoms with Gasteiger partial charge in [-0.05, 0) is 25.8 Å². The molecule has 1 saturated heterocycles. The number of hydrogen-bond donors (Lipinski definition) is 1. The maximum absolute atomic E-state index is 4.42. The van der Waals surface area contributed by atoms with Crippen LogP contribution in [0.2, 0.25) is 0 Å². The molecule has 2 fully saturated rings. The Kier molecular flexibility index (Phi) is 2.29. The second-order valence-electron chi connectivity index (χ2n) is 4.35. The molecule has 1 aliphatic heterocycles. The van der Waals surface area contributed by atoms with Crippen LogP contribution in [0.4, 0.5) is 5.82 Å². The number of aromatic nitrogens is 2. The summed E-state index contributed by atoms with van der Waals surface area (Å²) in [6, 6.07) is 1.33. The van der Waals surface area contributed by atoms with Gasteiger partial charge < -0.3 is 10.2 Å². The molecular weight excluding hydrogens is 188 g/mol. The van der Waals surface area contributed by atoms with Crippen molar-refractivity contribution in [3.8, 4) is 0 Å². The fourth-order valence-electron chi connectivity index (χ4n) is 2.33. The van der Waals surface area contributed by atoms with Crippen LogP contribution in [0.15, 0.2) is 18.6 Å². The Morgan fingerprint density at radius 2 is 2.13 bits per heavy atom. The first kappa shape index (κ1) is 9.09. The monoisotopic (exact) mass is 204 g/mol. The molecule has 3 rings (SSSR count). The number of rotatable bonds is 3. The van der Waals surface area contributed by atoms with Gasteiger partial charge in [-0.2, -0.15) is 0 Å². The standard InChI is InChI=1S/C11H16N4/c1-2-9(1)15(10-3-4-12-7-10)11-8-13-5-6-14-11/h5-6,8-10,12H,1-4,7H2. The van der Waals surface area contributed by atoms with Crippen LogP contribution in [-0.2, 0) is 0 Å². The largest absolute Gasteiger partial charge is 0.348 e. The first-order valence-corrected chi connectivity index (χ1v) is 5.70. The van der Waals surface area contributed by atoms with E-state index >= 15 is 0 Å². The first-order chi connectivity index (χ1) is 7.45. The summed E-state index contributed by atoms with van der Waals surface area (Å²) >= 11 is 0. The van der Waals surface area contributed by atoms with Gasteiger partial charge in [0.15, 0.2) is 0 Å². The molecule has 4 heteroatoms. The lowest BCUT2D eigenvalue weighted by Gasteiger charge is -2.29. The number of anilines is 1. The Balaban J connectivity index is 1.84. The van der Waals surface area contributed by atoms with E-state index in [-0.39, 0.29) is 0 Å². The predicted octanol–water partition coefficient (Wildman–Crippen LogP) is 0.807. The summed E-state index contributed by atoms with van der Waals surface area (Å²) in [6.07, 6.45) is 9.26. The van der Waals surface area contributed by atoms with E-state index in [1.165, 1.54) is 19.3 Å². The van der Waals surface area contributed by atoms with E-state index in [4.69, 9.17) is 0 Å². The molecule has 1 unspecified atom stereocenters. The van der Waals surface area contributed by atoms with Gasteiger partial charge in [0.2, 0.25) is 0 Å². The third kappa shape index (κ3) is 1.81. The molecule has 1 aromatic heterocycles. The van der Waals surface area contributed by atoms with Gasteiger partial charge in [0.25, 0.3) is 0 Å². The third-order valence-electron chi connectivity index (χ3n) is 3.18. The number of nitrogens with zero attached hydrogens (tertiary/aromatic N) is 3. The van der Waals surface area contributed by atoms with Crippen molar-refractivity contribution in [3.05, 3.63) is 18.6 Å². The summed E-state index contributed by atoms with van der Waals surface area (Å²) in [5.74, 6) is 1.05. The quantitative estimate of drug-likeness (QED) is 0.791. The third-order valence-corrected chi connectivity index (χ3v) is 3.18. The van der Waals surface area contributed by atoms with Crippen molar-refractivity contribution < 1.29 is 0 Å². The van der Waals surface area contributed by atoms with E-state index in [1.807, 2.05) is 6.20 Å². The summed E-state index contributed by atoms with van der Waals surface area (Å²) < 4.78 is 0. The normalized spacial score (nSPS) is 25.5. The first-order valence-electron chi connectivity index (χ1n) is 5.70. The minimum Gasteiger partial charge on any atom is -0.348 e. The Bertz CT molecular complexity index is 317. The van der Waals surface area contributed by atoms with Gasteiger partial charge in [-0.3, -0.25) is 4.98 Å². The van der Waals surface area contributed by atoms with Gasteiger partial charge in [-0.1, -0.05) is 0 Å². The maximum atomic E-state index is 4.42. The van der Waals surface area contributed by atoms with Crippen molar-refractivity contribution in [1.29, 1.82) is 0 Å². The molecule has 0 spiro atoms. The second-order valence-corrected chi connectivity index (χ2v) is 4.35. The molecule has 0 radical (unpaired) electrons. The molecular formula is C11H16N4. The van der Waals surface area contributed by atoms with Crippen LogP contribution in [-0.4, -0.2) is 35.1 Å². The average Bonchev–Trinajstić information content (AvgIpc) is 2.96. The zero-order valence-corrected chi connectivity index (χ0v) is 8.76. The van der Waals surface area contributed by atoms with E-state index in [9.17, 15) is 0 Å². The smallest absolute Gasteiger partial charge is 0.147 e. The molecule has 15 heavy (non-hydrogen) atoms. The molecule has 1 aromatic rings. The summed E-state index contributed by atoms with van der Waals surface area (Å²) in [4.78, 5) is 11.0. The lowest BCUT2D eigenvalue weighted by molar-refractivity contribution is 0.619. The van der Waals surface area contributed by atoms with Crippen LogP contribution in [0.1, 0.15) is 19.3 Å². The van der Waals surface area contributed by atoms with Crippen molar-refractivity contribution in [3.63, 3.8) is 0 Å². The van der Waals surface area contributed by atoms with Crippen LogP contribution >= 0.6 is 0 Å². The molecule has 2 aliphatic rings. The van der Waals surface area contributed by atoms with Gasteiger partial charge in [0.1, 0.15) is 5.82 Å². The van der Waals surface area contributed by atoms with Gasteiger partial charge in [-0.15, -0.1) is 0 Å². The van der Waals surface area contributed by atoms with Crippen molar-refractivity contribution in [2.75, 3.05) is 18.0 Å². The topological polar surface area (TPSA) is 41.1 Å². The Morgan fingerprint density at radius 3 is 2.73 bits per heavy atom. The van der Waals surface area contributed by atoms with Crippen molar-refractivity contribution >= 4 is 5.82 Å². The summed E-state index contributed by atoms with van der Waals surface area (Å²) in [5.41, 5.74) is 0. The van der Waals surface area contributed by atoms with Crippen molar-refractivity contribution in [2.24, 2.45) is 0 Å². The molecule has 1 N–H and O–H groups in total. The van der Waals surface area contributed by atoms with Gasteiger partial charge in [0, 0.05) is 31.0 Å². The molecule has 0 aromatic carbocycles. The lowest BCUT2D eigenvalue weighted by atomic mass is 10.2. The van der Waals surface area contributed by atoms with Crippen molar-refractivity contribution in [2.45, 2.75) is 31.3 Å². The van der Waals surface area contributed by atoms with Crippen LogP contribution in [0.5, 0.6) is 0 Å². The Hall–Kier alpha value is -1.16. The summed E-state index contributed by atoms with van der Waals surface area (Å²) in [5, 5.41) is 3.42. The fourth-order valence-corrected chi connectivity index (χ4v) is 2.33. The maximum Gasteiger partial charge on any atom is 0.147 e. The molecule has 0 amide bonds. The van der Waals surface area contributed by atoms with E-state index < -0.39 is 0 Å². The van der Waals surface area contributed by atoms with Crippen LogP contribution in [0, 0.1) is 0 Å². The van der Waals surface area contributed by atoms with Gasteiger partial charge in [0.05, 0.1) is 6.20 Å². The number of nitrogens with one attached hydrogen (secondary N) is 1. The summed E-state index contributed by atoms with van der Waals surface area (Å²) in [7, 11) is 0. The van der Waals surface area contributed by atoms with E-state index in [0.717, 1.165) is 18.9 Å². The molecule has 0 bridgehead atoms. The highest BCUT2D eigenvalue weighted by Crippen LogP contribution is 2.33. The van der Waals surface area contributed by atoms with Crippen LogP contribution < -0.4 is 10.2 Å². The molecule has 1 saturated carbocycles. The van der Waals surface area contributed by atoms with Crippen LogP contribution in [0.3, 0.4) is 0 Å². The summed E-state index contributed by atoms with van der Waals surface area (Å²) in [6.45, 7) is 2.22. The van der Waals surface area contributed by atoms with E-state index in [2.05, 4.69) is 20.2 Å². The van der Waals surface area contributed by atoms with Gasteiger partial charge in [-0.25, -0.2) is 4.98 Å². The van der Waals surface area contributed by atoms with Crippen LogP contribution in [0.25, 0.3) is 0 Å². The predicted molar refractivity (Wildman–Crippen MR) is 58.8 cm³/mol. The molecule has 1 atom stereocenters. The number of hydrogen-bond acceptors (Lipinski definition) is 4. The molecule has 2 heterocycles. The highest BCUT2D eigenvalue weighted by Gasteiger charge is 2.35. The fraction of sp³-hybridized carbons (Fsp3) is 0.636. The average molecular weight is 204 g/mol. The van der Waals surface area contributed by atoms with E-state index in [0.29, 0.717) is 12.1 Å². The molecule has 1 aliphatic carbocycles. The SMILES string of the molecule is c1cnc(N(C2CC2)C2CCNC2)cn1. The molecule has 4 nitrogen and oxygen atoms in total. The zero-order chi connectivity index (χ0) is 10.1. The highest BCUT2D eigenvalue weighted by atomic mass is 15.3. The zero-order valence-electron chi connectivity index (χ0n) is 8.76. The molecule has 80 valence electrons. The van der Waals surface area contributed by atoms with Crippen molar-refractivity contribution in [1.82, 2.24) is 15.3 Å². The lowest BCUT2D eigenvalue weighted by Crippen LogP contribution is -2.39. The minimum atomic E-state index is 0.620. The Morgan fingerprint density at radius 1 is 1.20 bits per heavy atom. The Labute approximate surface area is 89.7 Å². The minimum absolute atomic E-state index is 0.620. The van der Waals surface area contributed by atoms with E-state index in [1.54, 1.807) is 12.4 Å². The van der Waals surface area contributed by atoms with Gasteiger partial charge >= 0.3 is 0 Å².